The van der Waals surface area contributed by atoms with Gasteiger partial charge in [-0.3, -0.25) is 9.59 Å². The van der Waals surface area contributed by atoms with E-state index in [1.807, 2.05) is 13.8 Å². The number of carbonyl (C=O) groups is 2. The molecule has 0 bridgehead atoms. The summed E-state index contributed by atoms with van der Waals surface area (Å²) in [4.78, 5) is 34.9. The molecule has 27 heavy (non-hydrogen) atoms. The van der Waals surface area contributed by atoms with E-state index in [2.05, 4.69) is 22.7 Å². The number of rotatable bonds is 7. The second-order valence-corrected chi connectivity index (χ2v) is 5.90. The largest absolute Gasteiger partial charge is 0.491 e. The number of nitrogens with two attached hydrogens (primary N) is 1. The van der Waals surface area contributed by atoms with E-state index in [1.165, 1.54) is 27.5 Å². The van der Waals surface area contributed by atoms with Gasteiger partial charge >= 0.3 is 5.97 Å². The number of carbonyl (C=O) groups excluding carboxylic acids is 2. The van der Waals surface area contributed by atoms with Gasteiger partial charge in [-0.1, -0.05) is 20.8 Å². The van der Waals surface area contributed by atoms with Crippen LogP contribution in [0.15, 0.2) is 11.0 Å². The Morgan fingerprint density at radius 3 is 2.37 bits per heavy atom. The number of methoxy groups -OCH3 is 2. The quantitative estimate of drug-likeness (QED) is 0.542. The van der Waals surface area contributed by atoms with Crippen LogP contribution in [0, 0.1) is 18.8 Å². The molecule has 1 aliphatic rings. The first-order chi connectivity index (χ1) is 12.9. The first kappa shape index (κ1) is 24.7. The van der Waals surface area contributed by atoms with Crippen LogP contribution in [0.2, 0.25) is 0 Å². The van der Waals surface area contributed by atoms with Crippen LogP contribution in [-0.4, -0.2) is 44.3 Å². The van der Waals surface area contributed by atoms with Crippen LogP contribution >= 0.6 is 0 Å². The minimum absolute atomic E-state index is 0.0566. The zero-order valence-electron chi connectivity index (χ0n) is 17.4. The Labute approximate surface area is 161 Å². The van der Waals surface area contributed by atoms with Gasteiger partial charge in [0, 0.05) is 18.8 Å². The van der Waals surface area contributed by atoms with Crippen molar-refractivity contribution in [3.05, 3.63) is 27.7 Å². The van der Waals surface area contributed by atoms with Gasteiger partial charge in [0.25, 0.3) is 0 Å². The maximum absolute atomic E-state index is 12.3. The maximum Gasteiger partial charge on any atom is 0.343 e. The van der Waals surface area contributed by atoms with Crippen molar-refractivity contribution in [1.29, 1.82) is 0 Å². The number of pyridine rings is 1. The van der Waals surface area contributed by atoms with Crippen molar-refractivity contribution in [3.8, 4) is 5.75 Å². The molecule has 1 amide bonds. The van der Waals surface area contributed by atoms with Crippen LogP contribution in [-0.2, 0) is 16.1 Å². The number of hydrogen-bond donors (Lipinski definition) is 2. The maximum atomic E-state index is 12.3. The van der Waals surface area contributed by atoms with E-state index in [0.29, 0.717) is 30.5 Å². The van der Waals surface area contributed by atoms with Crippen LogP contribution in [0.1, 0.15) is 43.2 Å². The highest BCUT2D eigenvalue weighted by molar-refractivity contribution is 5.89. The summed E-state index contributed by atoms with van der Waals surface area (Å²) in [6.45, 7) is 8.33. The molecule has 3 atom stereocenters. The van der Waals surface area contributed by atoms with Gasteiger partial charge < -0.3 is 25.1 Å². The van der Waals surface area contributed by atoms with Gasteiger partial charge in [0.15, 0.2) is 5.75 Å². The summed E-state index contributed by atoms with van der Waals surface area (Å²) in [5.74, 6) is 0.351. The van der Waals surface area contributed by atoms with Gasteiger partial charge in [0.2, 0.25) is 11.8 Å². The molecule has 8 nitrogen and oxygen atoms in total. The summed E-state index contributed by atoms with van der Waals surface area (Å²) in [6.07, 6.45) is 3.20. The average Bonchev–Trinajstić information content (AvgIpc) is 3.43. The monoisotopic (exact) mass is 383 g/mol. The minimum atomic E-state index is -0.707. The lowest BCUT2D eigenvalue weighted by Crippen LogP contribution is -2.36. The second kappa shape index (κ2) is 12.1. The smallest absolute Gasteiger partial charge is 0.343 e. The van der Waals surface area contributed by atoms with E-state index in [1.54, 1.807) is 11.5 Å². The first-order valence-electron chi connectivity index (χ1n) is 9.08. The lowest BCUT2D eigenvalue weighted by Gasteiger charge is -2.21. The van der Waals surface area contributed by atoms with Crippen LogP contribution in [0.3, 0.4) is 0 Å². The van der Waals surface area contributed by atoms with Crippen LogP contribution in [0.5, 0.6) is 5.75 Å². The van der Waals surface area contributed by atoms with Gasteiger partial charge in [-0.05, 0) is 32.2 Å². The molecular weight excluding hydrogens is 350 g/mol. The Kier molecular flexibility index (Phi) is 11.1. The molecule has 1 aromatic rings. The summed E-state index contributed by atoms with van der Waals surface area (Å²) < 4.78 is 11.6. The number of nitrogens with zero attached hydrogens (tertiary/aromatic N) is 1. The van der Waals surface area contributed by atoms with Gasteiger partial charge in [-0.2, -0.15) is 0 Å². The molecule has 1 heterocycles. The number of ether oxygens (including phenoxy) is 2. The molecule has 2 unspecified atom stereocenters. The summed E-state index contributed by atoms with van der Waals surface area (Å²) in [5, 5.41) is 2.83. The van der Waals surface area contributed by atoms with Crippen molar-refractivity contribution < 1.29 is 19.1 Å². The molecule has 0 aliphatic heterocycles. The Morgan fingerprint density at radius 1 is 1.41 bits per heavy atom. The van der Waals surface area contributed by atoms with Crippen molar-refractivity contribution in [1.82, 2.24) is 9.88 Å². The van der Waals surface area contributed by atoms with Crippen molar-refractivity contribution >= 4 is 12.4 Å². The number of hydrogen-bond acceptors (Lipinski definition) is 6. The van der Waals surface area contributed by atoms with Gasteiger partial charge in [-0.25, -0.2) is 4.79 Å². The van der Waals surface area contributed by atoms with Gasteiger partial charge in [-0.15, -0.1) is 0 Å². The van der Waals surface area contributed by atoms with Crippen molar-refractivity contribution in [2.45, 2.75) is 46.7 Å². The number of aromatic nitrogens is 1. The molecule has 0 spiro atoms. The van der Waals surface area contributed by atoms with Crippen LogP contribution in [0.4, 0.5) is 0 Å². The third-order valence-corrected chi connectivity index (χ3v) is 4.47. The fraction of sp³-hybridized carbons (Fsp3) is 0.632. The standard InChI is InChI=1S/C16H22N2O5.C2H6.CH5N/c1-9-5-11(9)13(17-8-19)7-18-6-12(16(21)23-4)14(20)15(22-3)10(18)2;2*1-2/h6,8-9,11,13H,5,7H2,1-4H3,(H,17,19);1-2H3;2H2,1H3/t9?,11?,13-;;/m0../s1. The van der Waals surface area contributed by atoms with Crippen LogP contribution < -0.4 is 21.2 Å². The molecule has 154 valence electrons. The van der Waals surface area contributed by atoms with Crippen molar-refractivity contribution in [3.63, 3.8) is 0 Å². The van der Waals surface area contributed by atoms with E-state index >= 15 is 0 Å². The first-order valence-corrected chi connectivity index (χ1v) is 9.08. The number of amides is 1. The summed E-state index contributed by atoms with van der Waals surface area (Å²) in [7, 11) is 4.11. The number of esters is 1. The predicted molar refractivity (Wildman–Crippen MR) is 105 cm³/mol. The molecule has 1 aromatic heterocycles. The highest BCUT2D eigenvalue weighted by atomic mass is 16.5. The average molecular weight is 383 g/mol. The molecule has 0 saturated heterocycles. The third-order valence-electron chi connectivity index (χ3n) is 4.47. The Hall–Kier alpha value is -2.35. The molecule has 1 fully saturated rings. The minimum Gasteiger partial charge on any atom is -0.491 e. The molecule has 1 aliphatic carbocycles. The lowest BCUT2D eigenvalue weighted by atomic mass is 10.1. The third kappa shape index (κ3) is 6.09. The van der Waals surface area contributed by atoms with Crippen molar-refractivity contribution in [2.24, 2.45) is 17.6 Å². The SMILES string of the molecule is CC.CN.COC(=O)c1cn(C[C@H](NC=O)C2CC2C)c(C)c(OC)c1=O. The summed E-state index contributed by atoms with van der Waals surface area (Å²) in [6, 6.07) is -0.0566. The zero-order chi connectivity index (χ0) is 21.1. The normalized spacial score (nSPS) is 17.9. The van der Waals surface area contributed by atoms with Crippen molar-refractivity contribution in [2.75, 3.05) is 21.3 Å². The molecule has 2 rings (SSSR count). The topological polar surface area (TPSA) is 113 Å². The van der Waals surface area contributed by atoms with Gasteiger partial charge in [0.05, 0.1) is 19.9 Å². The van der Waals surface area contributed by atoms with Crippen LogP contribution in [0.25, 0.3) is 0 Å². The highest BCUT2D eigenvalue weighted by Gasteiger charge is 2.39. The molecule has 1 saturated carbocycles. The van der Waals surface area contributed by atoms with E-state index in [4.69, 9.17) is 4.74 Å². The molecule has 0 aromatic carbocycles. The Bertz CT molecular complexity index is 672. The predicted octanol–water partition coefficient (Wildman–Crippen LogP) is 1.32. The van der Waals surface area contributed by atoms with E-state index in [0.717, 1.165) is 6.42 Å². The Balaban J connectivity index is 0.00000158. The second-order valence-electron chi connectivity index (χ2n) is 5.90. The number of nitrogens with one attached hydrogen (secondary N) is 1. The molecule has 3 N–H and O–H groups in total. The lowest BCUT2D eigenvalue weighted by molar-refractivity contribution is -0.110. The van der Waals surface area contributed by atoms with Gasteiger partial charge in [0.1, 0.15) is 5.56 Å². The molecular formula is C19H33N3O5. The zero-order valence-corrected chi connectivity index (χ0v) is 17.4. The van der Waals surface area contributed by atoms with E-state index in [-0.39, 0.29) is 17.4 Å². The van der Waals surface area contributed by atoms with E-state index in [9.17, 15) is 14.4 Å². The fourth-order valence-corrected chi connectivity index (χ4v) is 2.94. The molecule has 8 heteroatoms. The highest BCUT2D eigenvalue weighted by Crippen LogP contribution is 2.41. The summed E-state index contributed by atoms with van der Waals surface area (Å²) in [5.41, 5.74) is 4.53. The molecule has 0 radical (unpaired) electrons. The fourth-order valence-electron chi connectivity index (χ4n) is 2.94. The summed E-state index contributed by atoms with van der Waals surface area (Å²) >= 11 is 0. The van der Waals surface area contributed by atoms with E-state index < -0.39 is 11.4 Å². The Morgan fingerprint density at radius 2 is 1.96 bits per heavy atom.